The number of amides is 1. The lowest BCUT2D eigenvalue weighted by Crippen LogP contribution is -2.36. The number of furan rings is 1. The highest BCUT2D eigenvalue weighted by Gasteiger charge is 2.29. The van der Waals surface area contributed by atoms with Gasteiger partial charge in [0.25, 0.3) is 5.91 Å². The fraction of sp³-hybridized carbons (Fsp3) is 0.444. The first-order valence-corrected chi connectivity index (χ1v) is 8.63. The molecule has 1 aliphatic heterocycles. The minimum atomic E-state index is -4.44. The van der Waals surface area contributed by atoms with Crippen LogP contribution in [-0.2, 0) is 0 Å². The number of carbonyl (C=O) groups excluding carboxylic acids is 1. The fourth-order valence-electron chi connectivity index (χ4n) is 2.99. The van der Waals surface area contributed by atoms with Crippen LogP contribution in [0.3, 0.4) is 0 Å². The van der Waals surface area contributed by atoms with Crippen molar-refractivity contribution in [2.75, 3.05) is 26.2 Å². The number of alkyl halides is 3. The molecule has 146 valence electrons. The van der Waals surface area contributed by atoms with Crippen molar-refractivity contribution in [2.45, 2.75) is 25.1 Å². The molecule has 0 aromatic carbocycles. The van der Waals surface area contributed by atoms with Gasteiger partial charge in [0, 0.05) is 18.8 Å². The van der Waals surface area contributed by atoms with Crippen LogP contribution in [0, 0.1) is 0 Å². The first kappa shape index (κ1) is 19.2. The van der Waals surface area contributed by atoms with Crippen molar-refractivity contribution in [1.82, 2.24) is 15.2 Å². The Morgan fingerprint density at radius 2 is 2.07 bits per heavy atom. The third kappa shape index (κ3) is 5.46. The Kier molecular flexibility index (Phi) is 6.00. The summed E-state index contributed by atoms with van der Waals surface area (Å²) in [7, 11) is 0. The Balaban J connectivity index is 1.57. The van der Waals surface area contributed by atoms with Gasteiger partial charge in [0.2, 0.25) is 5.88 Å². The van der Waals surface area contributed by atoms with Crippen LogP contribution >= 0.6 is 0 Å². The monoisotopic (exact) mass is 383 g/mol. The van der Waals surface area contributed by atoms with Gasteiger partial charge in [-0.2, -0.15) is 13.2 Å². The van der Waals surface area contributed by atoms with E-state index in [1.807, 2.05) is 12.1 Å². The number of carbonyl (C=O) groups is 1. The van der Waals surface area contributed by atoms with Gasteiger partial charge < -0.3 is 14.5 Å². The van der Waals surface area contributed by atoms with Gasteiger partial charge in [0.15, 0.2) is 6.61 Å². The van der Waals surface area contributed by atoms with Crippen LogP contribution in [0.25, 0.3) is 0 Å². The van der Waals surface area contributed by atoms with Gasteiger partial charge in [-0.1, -0.05) is 0 Å². The molecule has 1 fully saturated rings. The predicted molar refractivity (Wildman–Crippen MR) is 90.4 cm³/mol. The zero-order valence-electron chi connectivity index (χ0n) is 14.5. The molecule has 27 heavy (non-hydrogen) atoms. The normalized spacial score (nSPS) is 16.3. The molecule has 6 nitrogen and oxygen atoms in total. The molecule has 1 N–H and O–H groups in total. The molecule has 2 aromatic rings. The Labute approximate surface area is 154 Å². The summed E-state index contributed by atoms with van der Waals surface area (Å²) < 4.78 is 46.5. The highest BCUT2D eigenvalue weighted by Crippen LogP contribution is 2.25. The average molecular weight is 383 g/mol. The number of aromatic nitrogens is 1. The number of hydrogen-bond acceptors (Lipinski definition) is 5. The number of likely N-dealkylation sites (tertiary alicyclic amines) is 1. The lowest BCUT2D eigenvalue weighted by atomic mass is 10.2. The molecule has 3 heterocycles. The summed E-state index contributed by atoms with van der Waals surface area (Å²) in [6.07, 6.45) is 0.569. The quantitative estimate of drug-likeness (QED) is 0.795. The maximum Gasteiger partial charge on any atom is 0.422 e. The Morgan fingerprint density at radius 3 is 2.67 bits per heavy atom. The zero-order valence-corrected chi connectivity index (χ0v) is 14.5. The van der Waals surface area contributed by atoms with Crippen LogP contribution in [0.1, 0.15) is 35.0 Å². The van der Waals surface area contributed by atoms with E-state index in [4.69, 9.17) is 4.42 Å². The first-order valence-electron chi connectivity index (χ1n) is 8.63. The Bertz CT molecular complexity index is 727. The maximum atomic E-state index is 12.3. The summed E-state index contributed by atoms with van der Waals surface area (Å²) >= 11 is 0. The van der Waals surface area contributed by atoms with Crippen molar-refractivity contribution in [1.29, 1.82) is 0 Å². The van der Waals surface area contributed by atoms with Crippen LogP contribution in [0.4, 0.5) is 13.2 Å². The molecule has 1 amide bonds. The van der Waals surface area contributed by atoms with E-state index >= 15 is 0 Å². The summed E-state index contributed by atoms with van der Waals surface area (Å²) in [6, 6.07) is 6.25. The molecule has 3 rings (SSSR count). The summed E-state index contributed by atoms with van der Waals surface area (Å²) in [5, 5.41) is 2.84. The number of pyridine rings is 1. The summed E-state index contributed by atoms with van der Waals surface area (Å²) in [5.41, 5.74) is 0.244. The number of nitrogens with one attached hydrogen (secondary N) is 1. The minimum absolute atomic E-state index is 0.0613. The second-order valence-corrected chi connectivity index (χ2v) is 6.27. The van der Waals surface area contributed by atoms with Gasteiger partial charge >= 0.3 is 6.18 Å². The van der Waals surface area contributed by atoms with E-state index in [2.05, 4.69) is 19.9 Å². The van der Waals surface area contributed by atoms with Crippen LogP contribution in [0.2, 0.25) is 0 Å². The van der Waals surface area contributed by atoms with Crippen LogP contribution in [0.5, 0.6) is 5.88 Å². The van der Waals surface area contributed by atoms with E-state index < -0.39 is 12.8 Å². The largest absolute Gasteiger partial charge is 0.468 e. The number of nitrogens with zero attached hydrogens (tertiary/aromatic N) is 2. The van der Waals surface area contributed by atoms with Crippen molar-refractivity contribution in [3.63, 3.8) is 0 Å². The van der Waals surface area contributed by atoms with E-state index in [-0.39, 0.29) is 23.4 Å². The van der Waals surface area contributed by atoms with Gasteiger partial charge in [0.1, 0.15) is 5.76 Å². The van der Waals surface area contributed by atoms with E-state index in [0.29, 0.717) is 6.54 Å². The molecule has 1 aliphatic rings. The third-order valence-electron chi connectivity index (χ3n) is 4.29. The standard InChI is InChI=1S/C18H20F3N3O3/c19-18(20,21)12-27-16-6-5-13(10-22-16)17(25)23-11-14(15-4-3-9-26-15)24-7-1-2-8-24/h3-6,9-10,14H,1-2,7-8,11-12H2,(H,23,25). The van der Waals surface area contributed by atoms with Crippen molar-refractivity contribution in [3.8, 4) is 5.88 Å². The molecule has 1 atom stereocenters. The molecule has 2 aromatic heterocycles. The topological polar surface area (TPSA) is 67.6 Å². The summed E-state index contributed by atoms with van der Waals surface area (Å²) in [5.74, 6) is 0.237. The van der Waals surface area contributed by atoms with E-state index in [9.17, 15) is 18.0 Å². The second kappa shape index (κ2) is 8.43. The van der Waals surface area contributed by atoms with Gasteiger partial charge in [-0.25, -0.2) is 4.98 Å². The van der Waals surface area contributed by atoms with Crippen LogP contribution in [0.15, 0.2) is 41.1 Å². The summed E-state index contributed by atoms with van der Waals surface area (Å²) in [6.45, 7) is 0.812. The highest BCUT2D eigenvalue weighted by atomic mass is 19.4. The van der Waals surface area contributed by atoms with Crippen molar-refractivity contribution in [2.24, 2.45) is 0 Å². The zero-order chi connectivity index (χ0) is 19.3. The smallest absolute Gasteiger partial charge is 0.422 e. The fourth-order valence-corrected chi connectivity index (χ4v) is 2.99. The molecule has 0 aliphatic carbocycles. The van der Waals surface area contributed by atoms with Crippen LogP contribution < -0.4 is 10.1 Å². The summed E-state index contributed by atoms with van der Waals surface area (Å²) in [4.78, 5) is 18.3. The highest BCUT2D eigenvalue weighted by molar-refractivity contribution is 5.93. The number of ether oxygens (including phenoxy) is 1. The Hall–Kier alpha value is -2.55. The molecule has 0 bridgehead atoms. The molecule has 0 spiro atoms. The SMILES string of the molecule is O=C(NCC(c1ccco1)N1CCCC1)c1ccc(OCC(F)(F)F)nc1. The van der Waals surface area contributed by atoms with Gasteiger partial charge in [-0.15, -0.1) is 0 Å². The van der Waals surface area contributed by atoms with Crippen molar-refractivity contribution < 1.29 is 27.1 Å². The average Bonchev–Trinajstić information content (AvgIpc) is 3.34. The lowest BCUT2D eigenvalue weighted by molar-refractivity contribution is -0.154. The number of rotatable bonds is 7. The third-order valence-corrected chi connectivity index (χ3v) is 4.29. The van der Waals surface area contributed by atoms with Crippen LogP contribution in [-0.4, -0.2) is 48.2 Å². The molecule has 9 heteroatoms. The van der Waals surface area contributed by atoms with Crippen molar-refractivity contribution in [3.05, 3.63) is 48.0 Å². The number of hydrogen-bond donors (Lipinski definition) is 1. The molecular formula is C18H20F3N3O3. The molecule has 0 saturated carbocycles. The molecule has 0 radical (unpaired) electrons. The first-order chi connectivity index (χ1) is 12.9. The van der Waals surface area contributed by atoms with E-state index in [0.717, 1.165) is 31.7 Å². The minimum Gasteiger partial charge on any atom is -0.468 e. The van der Waals surface area contributed by atoms with Gasteiger partial charge in [0.05, 0.1) is 17.9 Å². The van der Waals surface area contributed by atoms with E-state index in [1.165, 1.54) is 18.3 Å². The number of halogens is 3. The molecular weight excluding hydrogens is 363 g/mol. The maximum absolute atomic E-state index is 12.3. The second-order valence-electron chi connectivity index (χ2n) is 6.27. The van der Waals surface area contributed by atoms with Crippen molar-refractivity contribution >= 4 is 5.91 Å². The lowest BCUT2D eigenvalue weighted by Gasteiger charge is -2.26. The van der Waals surface area contributed by atoms with Gasteiger partial charge in [-0.3, -0.25) is 9.69 Å². The molecule has 1 unspecified atom stereocenters. The predicted octanol–water partition coefficient (Wildman–Crippen LogP) is 3.18. The molecule has 1 saturated heterocycles. The Morgan fingerprint density at radius 1 is 1.30 bits per heavy atom. The van der Waals surface area contributed by atoms with Gasteiger partial charge in [-0.05, 0) is 44.1 Å². The van der Waals surface area contributed by atoms with E-state index in [1.54, 1.807) is 6.26 Å².